The van der Waals surface area contributed by atoms with Gasteiger partial charge in [0.15, 0.2) is 5.82 Å². The van der Waals surface area contributed by atoms with Gasteiger partial charge in [-0.15, -0.1) is 5.11 Å². The predicted molar refractivity (Wildman–Crippen MR) is 100 cm³/mol. The third-order valence-electron chi connectivity index (χ3n) is 3.51. The molecule has 140 valence electrons. The van der Waals surface area contributed by atoms with Crippen molar-refractivity contribution in [3.8, 4) is 11.8 Å². The van der Waals surface area contributed by atoms with Crippen molar-refractivity contribution in [1.82, 2.24) is 19.5 Å². The lowest BCUT2D eigenvalue weighted by Gasteiger charge is -2.17. The van der Waals surface area contributed by atoms with Crippen LogP contribution in [-0.2, 0) is 6.54 Å². The zero-order chi connectivity index (χ0) is 19.3. The number of azo groups is 1. The maximum absolute atomic E-state index is 9.85. The topological polar surface area (TPSA) is 97.8 Å². The molecule has 0 radical (unpaired) electrons. The predicted octanol–water partition coefficient (Wildman–Crippen LogP) is 3.40. The maximum Gasteiger partial charge on any atom is 0.320 e. The first-order valence-corrected chi connectivity index (χ1v) is 8.55. The smallest absolute Gasteiger partial charge is 0.320 e. The van der Waals surface area contributed by atoms with E-state index >= 15 is 0 Å². The van der Waals surface area contributed by atoms with Crippen LogP contribution in [0.25, 0.3) is 5.82 Å². The molecule has 8 nitrogen and oxygen atoms in total. The van der Waals surface area contributed by atoms with Crippen LogP contribution in [-0.4, -0.2) is 36.8 Å². The summed E-state index contributed by atoms with van der Waals surface area (Å²) in [5, 5.41) is 18.3. The van der Waals surface area contributed by atoms with Crippen LogP contribution >= 0.6 is 0 Å². The van der Waals surface area contributed by atoms with E-state index in [0.29, 0.717) is 18.2 Å². The largest absolute Gasteiger partial charge is 0.460 e. The monoisotopic (exact) mass is 366 g/mol. The maximum atomic E-state index is 9.85. The van der Waals surface area contributed by atoms with Crippen molar-refractivity contribution in [2.75, 3.05) is 6.61 Å². The Kier molecular flexibility index (Phi) is 5.56. The second-order valence-electron chi connectivity index (χ2n) is 6.83. The number of ether oxygens (including phenoxy) is 1. The van der Waals surface area contributed by atoms with Gasteiger partial charge in [0.05, 0.1) is 12.1 Å². The Hall–Kier alpha value is -3.13. The Bertz CT molecular complexity index is 916. The van der Waals surface area contributed by atoms with Crippen LogP contribution in [0, 0.1) is 6.92 Å². The minimum Gasteiger partial charge on any atom is -0.460 e. The molecule has 27 heavy (non-hydrogen) atoms. The highest BCUT2D eigenvalue weighted by Gasteiger charge is 2.15. The second kappa shape index (κ2) is 8.05. The zero-order valence-electron chi connectivity index (χ0n) is 15.6. The number of aromatic nitrogens is 4. The quantitative estimate of drug-likeness (QED) is 0.646. The number of rotatable bonds is 7. The lowest BCUT2D eigenvalue weighted by molar-refractivity contribution is 0.0250. The van der Waals surface area contributed by atoms with E-state index in [4.69, 9.17) is 4.74 Å². The molecule has 0 spiro atoms. The molecule has 8 heteroatoms. The summed E-state index contributed by atoms with van der Waals surface area (Å²) in [6, 6.07) is 9.90. The van der Waals surface area contributed by atoms with Gasteiger partial charge in [-0.2, -0.15) is 15.1 Å². The summed E-state index contributed by atoms with van der Waals surface area (Å²) < 4.78 is 7.24. The molecule has 0 atom stereocenters. The Morgan fingerprint density at radius 2 is 2.07 bits per heavy atom. The molecular formula is C19H22N6O2. The minimum absolute atomic E-state index is 0.0558. The number of imidazole rings is 1. The van der Waals surface area contributed by atoms with Crippen LogP contribution in [0.5, 0.6) is 6.01 Å². The Labute approximate surface area is 157 Å². The van der Waals surface area contributed by atoms with Gasteiger partial charge in [0.25, 0.3) is 0 Å². The average Bonchev–Trinajstić information content (AvgIpc) is 3.14. The fourth-order valence-corrected chi connectivity index (χ4v) is 2.28. The third kappa shape index (κ3) is 5.68. The lowest BCUT2D eigenvalue weighted by Crippen LogP contribution is -2.28. The molecule has 2 heterocycles. The number of hydrogen-bond acceptors (Lipinski definition) is 7. The number of nitrogens with zero attached hydrogens (tertiary/aromatic N) is 6. The highest BCUT2D eigenvalue weighted by atomic mass is 16.5. The van der Waals surface area contributed by atoms with Crippen molar-refractivity contribution in [2.24, 2.45) is 10.2 Å². The Morgan fingerprint density at radius 1 is 1.22 bits per heavy atom. The fraction of sp³-hybridized carbons (Fsp3) is 0.316. The second-order valence-corrected chi connectivity index (χ2v) is 6.83. The summed E-state index contributed by atoms with van der Waals surface area (Å²) in [5.74, 6) is 0.921. The number of aliphatic hydroxyl groups is 1. The van der Waals surface area contributed by atoms with E-state index in [-0.39, 0.29) is 12.6 Å². The van der Waals surface area contributed by atoms with Crippen molar-refractivity contribution in [1.29, 1.82) is 0 Å². The summed E-state index contributed by atoms with van der Waals surface area (Å²) in [4.78, 5) is 12.6. The molecule has 3 rings (SSSR count). The van der Waals surface area contributed by atoms with Gasteiger partial charge in [-0.1, -0.05) is 29.8 Å². The number of hydrogen-bond donors (Lipinski definition) is 1. The fourth-order valence-electron chi connectivity index (χ4n) is 2.28. The van der Waals surface area contributed by atoms with Gasteiger partial charge < -0.3 is 9.84 Å². The molecule has 3 aromatic rings. The third-order valence-corrected chi connectivity index (χ3v) is 3.51. The summed E-state index contributed by atoms with van der Waals surface area (Å²) in [6.45, 7) is 5.84. The zero-order valence-corrected chi connectivity index (χ0v) is 15.6. The first-order chi connectivity index (χ1) is 12.9. The summed E-state index contributed by atoms with van der Waals surface area (Å²) in [7, 11) is 0. The van der Waals surface area contributed by atoms with Gasteiger partial charge in [0.2, 0.25) is 0 Å². The SMILES string of the molecule is Cc1cccc(CN=Nc2cc(-n3ccnc3)nc(OCC(C)(C)O)n2)c1. The van der Waals surface area contributed by atoms with Gasteiger partial charge in [-0.3, -0.25) is 4.57 Å². The van der Waals surface area contributed by atoms with Crippen LogP contribution in [0.2, 0.25) is 0 Å². The van der Waals surface area contributed by atoms with Gasteiger partial charge in [-0.25, -0.2) is 4.98 Å². The summed E-state index contributed by atoms with van der Waals surface area (Å²) in [6.07, 6.45) is 5.03. The molecule has 1 aromatic carbocycles. The molecule has 0 saturated heterocycles. The van der Waals surface area contributed by atoms with E-state index in [1.807, 2.05) is 25.1 Å². The van der Waals surface area contributed by atoms with Gasteiger partial charge in [0, 0.05) is 18.5 Å². The number of aryl methyl sites for hydroxylation is 1. The highest BCUT2D eigenvalue weighted by molar-refractivity contribution is 5.37. The molecule has 0 fully saturated rings. The van der Waals surface area contributed by atoms with Crippen LogP contribution in [0.1, 0.15) is 25.0 Å². The van der Waals surface area contributed by atoms with E-state index in [1.54, 1.807) is 43.2 Å². The van der Waals surface area contributed by atoms with E-state index in [1.165, 1.54) is 5.56 Å². The molecule has 0 aliphatic rings. The van der Waals surface area contributed by atoms with E-state index in [2.05, 4.69) is 31.2 Å². The van der Waals surface area contributed by atoms with E-state index in [0.717, 1.165) is 5.56 Å². The molecule has 0 bridgehead atoms. The van der Waals surface area contributed by atoms with Crippen LogP contribution in [0.4, 0.5) is 5.82 Å². The first kappa shape index (κ1) is 18.7. The number of benzene rings is 1. The molecule has 1 N–H and O–H groups in total. The van der Waals surface area contributed by atoms with Crippen molar-refractivity contribution in [2.45, 2.75) is 32.9 Å². The molecule has 0 saturated carbocycles. The highest BCUT2D eigenvalue weighted by Crippen LogP contribution is 2.19. The standard InChI is InChI=1S/C19H22N6O2/c1-14-5-4-6-15(9-14)11-21-24-16-10-17(25-8-7-20-13-25)23-18(22-16)27-12-19(2,3)26/h4-10,13,26H,11-12H2,1-3H3. The Morgan fingerprint density at radius 3 is 2.78 bits per heavy atom. The van der Waals surface area contributed by atoms with Crippen molar-refractivity contribution < 1.29 is 9.84 Å². The minimum atomic E-state index is -0.999. The normalized spacial score (nSPS) is 11.9. The van der Waals surface area contributed by atoms with Crippen molar-refractivity contribution >= 4 is 5.82 Å². The summed E-state index contributed by atoms with van der Waals surface area (Å²) >= 11 is 0. The molecule has 0 amide bonds. The van der Waals surface area contributed by atoms with Gasteiger partial charge in [-0.05, 0) is 26.3 Å². The van der Waals surface area contributed by atoms with Gasteiger partial charge >= 0.3 is 6.01 Å². The lowest BCUT2D eigenvalue weighted by atomic mass is 10.1. The molecule has 0 aliphatic heterocycles. The molecule has 2 aromatic heterocycles. The van der Waals surface area contributed by atoms with Gasteiger partial charge in [0.1, 0.15) is 18.8 Å². The van der Waals surface area contributed by atoms with E-state index in [9.17, 15) is 5.11 Å². The van der Waals surface area contributed by atoms with Crippen LogP contribution in [0.15, 0.2) is 59.3 Å². The van der Waals surface area contributed by atoms with Crippen LogP contribution in [0.3, 0.4) is 0 Å². The molecule has 0 aliphatic carbocycles. The summed E-state index contributed by atoms with van der Waals surface area (Å²) in [5.41, 5.74) is 1.25. The van der Waals surface area contributed by atoms with Crippen molar-refractivity contribution in [3.05, 3.63) is 60.2 Å². The van der Waals surface area contributed by atoms with Crippen molar-refractivity contribution in [3.63, 3.8) is 0 Å². The molecular weight excluding hydrogens is 344 g/mol. The average molecular weight is 366 g/mol. The molecule has 0 unspecified atom stereocenters. The first-order valence-electron chi connectivity index (χ1n) is 8.55. The Balaban J connectivity index is 1.82. The van der Waals surface area contributed by atoms with Crippen LogP contribution < -0.4 is 4.74 Å². The van der Waals surface area contributed by atoms with E-state index < -0.39 is 5.60 Å².